The SMILES string of the molecule is CC1CCC(C)(NC(=O)CC2COCCN2)CC1.Cl. The summed E-state index contributed by atoms with van der Waals surface area (Å²) in [7, 11) is 0. The Morgan fingerprint density at radius 3 is 2.68 bits per heavy atom. The van der Waals surface area contributed by atoms with Crippen molar-refractivity contribution in [3.8, 4) is 0 Å². The van der Waals surface area contributed by atoms with Gasteiger partial charge in [0.2, 0.25) is 5.91 Å². The van der Waals surface area contributed by atoms with Crippen molar-refractivity contribution in [3.63, 3.8) is 0 Å². The first kappa shape index (κ1) is 16.7. The summed E-state index contributed by atoms with van der Waals surface area (Å²) in [5.41, 5.74) is 0.0130. The first-order chi connectivity index (χ1) is 8.57. The normalized spacial score (nSPS) is 35.3. The number of carbonyl (C=O) groups is 1. The predicted molar refractivity (Wildman–Crippen MR) is 78.7 cm³/mol. The van der Waals surface area contributed by atoms with Gasteiger partial charge in [-0.2, -0.15) is 0 Å². The zero-order valence-corrected chi connectivity index (χ0v) is 12.9. The summed E-state index contributed by atoms with van der Waals surface area (Å²) in [5.74, 6) is 0.971. The van der Waals surface area contributed by atoms with Gasteiger partial charge in [0.25, 0.3) is 0 Å². The molecule has 1 atom stereocenters. The van der Waals surface area contributed by atoms with Crippen molar-refractivity contribution in [3.05, 3.63) is 0 Å². The fourth-order valence-electron chi connectivity index (χ4n) is 2.89. The fraction of sp³-hybridized carbons (Fsp3) is 0.929. The molecule has 1 amide bonds. The van der Waals surface area contributed by atoms with Crippen molar-refractivity contribution in [1.82, 2.24) is 10.6 Å². The van der Waals surface area contributed by atoms with Crippen LogP contribution >= 0.6 is 12.4 Å². The van der Waals surface area contributed by atoms with E-state index in [0.717, 1.165) is 31.9 Å². The number of nitrogens with one attached hydrogen (secondary N) is 2. The molecular weight excluding hydrogens is 264 g/mol. The Kier molecular flexibility index (Phi) is 6.57. The second-order valence-electron chi connectivity index (χ2n) is 6.22. The Morgan fingerprint density at radius 2 is 2.11 bits per heavy atom. The summed E-state index contributed by atoms with van der Waals surface area (Å²) < 4.78 is 5.37. The molecule has 1 aliphatic carbocycles. The molecule has 1 unspecified atom stereocenters. The molecule has 2 fully saturated rings. The second kappa shape index (κ2) is 7.46. The molecule has 2 rings (SSSR count). The molecule has 112 valence electrons. The number of carbonyl (C=O) groups excluding carboxylic acids is 1. The summed E-state index contributed by atoms with van der Waals surface area (Å²) >= 11 is 0. The number of morpholine rings is 1. The van der Waals surface area contributed by atoms with E-state index in [2.05, 4.69) is 24.5 Å². The predicted octanol–water partition coefficient (Wildman–Crippen LogP) is 1.87. The number of halogens is 1. The lowest BCUT2D eigenvalue weighted by Crippen LogP contribution is -2.51. The van der Waals surface area contributed by atoms with E-state index in [4.69, 9.17) is 4.74 Å². The van der Waals surface area contributed by atoms with Gasteiger partial charge in [0, 0.05) is 24.5 Å². The fourth-order valence-corrected chi connectivity index (χ4v) is 2.89. The van der Waals surface area contributed by atoms with Crippen molar-refractivity contribution >= 4 is 18.3 Å². The lowest BCUT2D eigenvalue weighted by atomic mass is 9.78. The van der Waals surface area contributed by atoms with E-state index >= 15 is 0 Å². The zero-order chi connectivity index (χ0) is 13.0. The summed E-state index contributed by atoms with van der Waals surface area (Å²) in [4.78, 5) is 12.1. The molecule has 1 aliphatic heterocycles. The highest BCUT2D eigenvalue weighted by atomic mass is 35.5. The third kappa shape index (κ3) is 5.28. The molecule has 1 saturated heterocycles. The van der Waals surface area contributed by atoms with Crippen LogP contribution in [0, 0.1) is 5.92 Å². The van der Waals surface area contributed by atoms with E-state index in [9.17, 15) is 4.79 Å². The lowest BCUT2D eigenvalue weighted by molar-refractivity contribution is -0.124. The average molecular weight is 291 g/mol. The number of amides is 1. The molecule has 0 bridgehead atoms. The molecule has 0 aromatic rings. The van der Waals surface area contributed by atoms with Gasteiger partial charge < -0.3 is 15.4 Å². The van der Waals surface area contributed by atoms with Crippen molar-refractivity contribution < 1.29 is 9.53 Å². The molecule has 0 aromatic heterocycles. The minimum Gasteiger partial charge on any atom is -0.378 e. The van der Waals surface area contributed by atoms with Crippen LogP contribution in [-0.4, -0.2) is 37.2 Å². The van der Waals surface area contributed by atoms with Gasteiger partial charge in [-0.3, -0.25) is 4.79 Å². The number of hydrogen-bond donors (Lipinski definition) is 2. The van der Waals surface area contributed by atoms with E-state index < -0.39 is 0 Å². The van der Waals surface area contributed by atoms with Gasteiger partial charge in [-0.05, 0) is 38.5 Å². The van der Waals surface area contributed by atoms with Gasteiger partial charge in [0.15, 0.2) is 0 Å². The standard InChI is InChI=1S/C14H26N2O2.ClH/c1-11-3-5-14(2,6-4-11)16-13(17)9-12-10-18-8-7-15-12;/h11-12,15H,3-10H2,1-2H3,(H,16,17);1H. The van der Waals surface area contributed by atoms with Crippen molar-refractivity contribution in [2.75, 3.05) is 19.8 Å². The summed E-state index contributed by atoms with van der Waals surface area (Å²) in [5, 5.41) is 6.55. The van der Waals surface area contributed by atoms with Crippen LogP contribution in [0.4, 0.5) is 0 Å². The van der Waals surface area contributed by atoms with Crippen LogP contribution in [-0.2, 0) is 9.53 Å². The zero-order valence-electron chi connectivity index (χ0n) is 12.0. The van der Waals surface area contributed by atoms with E-state index in [1.807, 2.05) is 0 Å². The molecule has 2 N–H and O–H groups in total. The largest absolute Gasteiger partial charge is 0.378 e. The quantitative estimate of drug-likeness (QED) is 0.834. The van der Waals surface area contributed by atoms with Crippen LogP contribution in [0.1, 0.15) is 46.0 Å². The Hall–Kier alpha value is -0.320. The van der Waals surface area contributed by atoms with Crippen LogP contribution in [0.5, 0.6) is 0 Å². The molecule has 1 saturated carbocycles. The van der Waals surface area contributed by atoms with E-state index in [1.165, 1.54) is 12.8 Å². The van der Waals surface area contributed by atoms with Gasteiger partial charge in [-0.15, -0.1) is 12.4 Å². The van der Waals surface area contributed by atoms with Crippen molar-refractivity contribution in [1.29, 1.82) is 0 Å². The van der Waals surface area contributed by atoms with Crippen molar-refractivity contribution in [2.24, 2.45) is 5.92 Å². The minimum atomic E-state index is 0. The van der Waals surface area contributed by atoms with Crippen LogP contribution in [0.2, 0.25) is 0 Å². The molecule has 0 aromatic carbocycles. The van der Waals surface area contributed by atoms with Gasteiger partial charge in [-0.1, -0.05) is 6.92 Å². The first-order valence-electron chi connectivity index (χ1n) is 7.19. The Balaban J connectivity index is 0.00000180. The summed E-state index contributed by atoms with van der Waals surface area (Å²) in [6, 6.07) is 0.185. The van der Waals surface area contributed by atoms with E-state index in [0.29, 0.717) is 13.0 Å². The first-order valence-corrected chi connectivity index (χ1v) is 7.19. The molecule has 0 radical (unpaired) electrons. The molecule has 4 nitrogen and oxygen atoms in total. The number of rotatable bonds is 3. The maximum absolute atomic E-state index is 12.1. The van der Waals surface area contributed by atoms with Crippen LogP contribution in [0.25, 0.3) is 0 Å². The highest BCUT2D eigenvalue weighted by Crippen LogP contribution is 2.31. The highest BCUT2D eigenvalue weighted by molar-refractivity contribution is 5.85. The van der Waals surface area contributed by atoms with Gasteiger partial charge in [0.1, 0.15) is 0 Å². The maximum Gasteiger partial charge on any atom is 0.222 e. The topological polar surface area (TPSA) is 50.4 Å². The Morgan fingerprint density at radius 1 is 1.42 bits per heavy atom. The smallest absolute Gasteiger partial charge is 0.222 e. The maximum atomic E-state index is 12.1. The van der Waals surface area contributed by atoms with Crippen LogP contribution in [0.15, 0.2) is 0 Å². The third-order valence-corrected chi connectivity index (χ3v) is 4.25. The number of hydrogen-bond acceptors (Lipinski definition) is 3. The third-order valence-electron chi connectivity index (χ3n) is 4.25. The molecule has 1 heterocycles. The molecule has 2 aliphatic rings. The average Bonchev–Trinajstić information content (AvgIpc) is 2.34. The summed E-state index contributed by atoms with van der Waals surface area (Å²) in [6.45, 7) is 6.74. The molecule has 19 heavy (non-hydrogen) atoms. The van der Waals surface area contributed by atoms with Gasteiger partial charge in [-0.25, -0.2) is 0 Å². The Bertz CT molecular complexity index is 285. The molecule has 0 spiro atoms. The summed E-state index contributed by atoms with van der Waals surface area (Å²) in [6.07, 6.45) is 5.19. The van der Waals surface area contributed by atoms with Crippen LogP contribution < -0.4 is 10.6 Å². The van der Waals surface area contributed by atoms with E-state index in [1.54, 1.807) is 0 Å². The minimum absolute atomic E-state index is 0. The van der Waals surface area contributed by atoms with E-state index in [-0.39, 0.29) is 29.9 Å². The van der Waals surface area contributed by atoms with Crippen LogP contribution in [0.3, 0.4) is 0 Å². The highest BCUT2D eigenvalue weighted by Gasteiger charge is 2.31. The van der Waals surface area contributed by atoms with Crippen molar-refractivity contribution in [2.45, 2.75) is 57.5 Å². The second-order valence-corrected chi connectivity index (χ2v) is 6.22. The van der Waals surface area contributed by atoms with Gasteiger partial charge in [0.05, 0.1) is 13.2 Å². The monoisotopic (exact) mass is 290 g/mol. The number of ether oxygens (including phenoxy) is 1. The molecule has 5 heteroatoms. The Labute approximate surface area is 122 Å². The molecular formula is C14H27ClN2O2. The van der Waals surface area contributed by atoms with Gasteiger partial charge >= 0.3 is 0 Å². The lowest BCUT2D eigenvalue weighted by Gasteiger charge is -2.37.